The summed E-state index contributed by atoms with van der Waals surface area (Å²) in [6.45, 7) is 3.08. The maximum atomic E-state index is 13.2. The van der Waals surface area contributed by atoms with Crippen LogP contribution in [0.4, 0.5) is 0 Å². The first kappa shape index (κ1) is 22.4. The molecule has 1 aliphatic rings. The van der Waals surface area contributed by atoms with E-state index in [0.717, 1.165) is 29.7 Å². The van der Waals surface area contributed by atoms with Crippen LogP contribution in [-0.2, 0) is 11.2 Å². The van der Waals surface area contributed by atoms with Crippen LogP contribution < -0.4 is 4.74 Å². The number of carbonyl (C=O) groups excluding carboxylic acids is 2. The van der Waals surface area contributed by atoms with Crippen LogP contribution in [-0.4, -0.2) is 34.8 Å². The number of unbranched alkanes of at least 4 members (excludes halogenated alkanes) is 1. The van der Waals surface area contributed by atoms with Crippen molar-refractivity contribution < 1.29 is 23.8 Å². The second kappa shape index (κ2) is 10.2. The standard InChI is InChI=1S/C27H27NO5/c1-2-3-17-32-21-13-11-20(12-14-21)24-23(25(29)22-10-7-18-33-22)26(30)27(31)28(24)16-15-19-8-5-4-6-9-19/h4-14,18,24,30H,2-3,15-17H2,1H3. The number of amides is 1. The van der Waals surface area contributed by atoms with Gasteiger partial charge in [-0.25, -0.2) is 0 Å². The molecule has 170 valence electrons. The lowest BCUT2D eigenvalue weighted by Gasteiger charge is -2.27. The van der Waals surface area contributed by atoms with E-state index in [1.165, 1.54) is 12.3 Å². The van der Waals surface area contributed by atoms with Gasteiger partial charge in [-0.15, -0.1) is 0 Å². The molecular formula is C27H27NO5. The number of Topliss-reactive ketones (excluding diaryl/α,β-unsaturated/α-hetero) is 1. The fraction of sp³-hybridized carbons (Fsp3) is 0.259. The third kappa shape index (κ3) is 4.85. The Hall–Kier alpha value is -3.80. The van der Waals surface area contributed by atoms with Crippen LogP contribution in [0.25, 0.3) is 0 Å². The Morgan fingerprint density at radius 3 is 2.48 bits per heavy atom. The molecule has 6 heteroatoms. The molecular weight excluding hydrogens is 418 g/mol. The number of nitrogens with zero attached hydrogens (tertiary/aromatic N) is 1. The molecule has 1 unspecified atom stereocenters. The van der Waals surface area contributed by atoms with Gasteiger partial charge in [0.25, 0.3) is 5.91 Å². The highest BCUT2D eigenvalue weighted by atomic mass is 16.5. The van der Waals surface area contributed by atoms with E-state index in [4.69, 9.17) is 9.15 Å². The fourth-order valence-electron chi connectivity index (χ4n) is 3.98. The molecule has 0 saturated carbocycles. The molecule has 2 heterocycles. The lowest BCUT2D eigenvalue weighted by molar-refractivity contribution is -0.129. The van der Waals surface area contributed by atoms with Gasteiger partial charge in [0, 0.05) is 6.54 Å². The highest BCUT2D eigenvalue weighted by molar-refractivity contribution is 6.15. The third-order valence-electron chi connectivity index (χ3n) is 5.74. The minimum atomic E-state index is -0.719. The van der Waals surface area contributed by atoms with Crippen molar-refractivity contribution in [3.05, 3.63) is 101 Å². The molecule has 0 saturated heterocycles. The normalized spacial score (nSPS) is 15.8. The monoisotopic (exact) mass is 445 g/mol. The van der Waals surface area contributed by atoms with Crippen LogP contribution in [0.1, 0.15) is 47.5 Å². The van der Waals surface area contributed by atoms with Gasteiger partial charge in [0.15, 0.2) is 11.5 Å². The molecule has 0 bridgehead atoms. The molecule has 33 heavy (non-hydrogen) atoms. The molecule has 0 aliphatic carbocycles. The van der Waals surface area contributed by atoms with E-state index in [1.54, 1.807) is 11.0 Å². The first-order valence-corrected chi connectivity index (χ1v) is 11.2. The van der Waals surface area contributed by atoms with E-state index in [9.17, 15) is 14.7 Å². The number of ketones is 1. The van der Waals surface area contributed by atoms with E-state index in [0.29, 0.717) is 19.6 Å². The molecule has 4 rings (SSSR count). The number of ether oxygens (including phenoxy) is 1. The van der Waals surface area contributed by atoms with Crippen molar-refractivity contribution in [2.45, 2.75) is 32.2 Å². The lowest BCUT2D eigenvalue weighted by atomic mass is 9.95. The number of aliphatic hydroxyl groups excluding tert-OH is 1. The molecule has 0 radical (unpaired) electrons. The summed E-state index contributed by atoms with van der Waals surface area (Å²) in [5.41, 5.74) is 1.81. The second-order valence-corrected chi connectivity index (χ2v) is 7.98. The minimum Gasteiger partial charge on any atom is -0.503 e. The van der Waals surface area contributed by atoms with Crippen LogP contribution in [0.3, 0.4) is 0 Å². The number of carbonyl (C=O) groups is 2. The van der Waals surface area contributed by atoms with Gasteiger partial charge in [0.05, 0.1) is 24.5 Å². The summed E-state index contributed by atoms with van der Waals surface area (Å²) in [4.78, 5) is 27.8. The molecule has 6 nitrogen and oxygen atoms in total. The predicted molar refractivity (Wildman–Crippen MR) is 124 cm³/mol. The van der Waals surface area contributed by atoms with Gasteiger partial charge in [-0.2, -0.15) is 0 Å². The molecule has 2 aromatic carbocycles. The van der Waals surface area contributed by atoms with Crippen molar-refractivity contribution in [3.8, 4) is 5.75 Å². The van der Waals surface area contributed by atoms with Gasteiger partial charge in [0.1, 0.15) is 5.75 Å². The number of aliphatic hydroxyl groups is 1. The molecule has 1 amide bonds. The predicted octanol–water partition coefficient (Wildman–Crippen LogP) is 5.28. The van der Waals surface area contributed by atoms with Gasteiger partial charge in [-0.05, 0) is 48.2 Å². The van der Waals surface area contributed by atoms with Gasteiger partial charge in [-0.1, -0.05) is 55.8 Å². The van der Waals surface area contributed by atoms with Crippen LogP contribution >= 0.6 is 0 Å². The van der Waals surface area contributed by atoms with Gasteiger partial charge in [-0.3, -0.25) is 9.59 Å². The van der Waals surface area contributed by atoms with Gasteiger partial charge in [0.2, 0.25) is 5.78 Å². The second-order valence-electron chi connectivity index (χ2n) is 7.98. The molecule has 0 spiro atoms. The van der Waals surface area contributed by atoms with E-state index in [1.807, 2.05) is 54.6 Å². The Morgan fingerprint density at radius 1 is 1.06 bits per heavy atom. The van der Waals surface area contributed by atoms with Crippen LogP contribution in [0.15, 0.2) is 88.7 Å². The van der Waals surface area contributed by atoms with Crippen molar-refractivity contribution in [1.29, 1.82) is 0 Å². The molecule has 1 N–H and O–H groups in total. The van der Waals surface area contributed by atoms with Crippen LogP contribution in [0.5, 0.6) is 5.75 Å². The average molecular weight is 446 g/mol. The Kier molecular flexibility index (Phi) is 6.93. The first-order valence-electron chi connectivity index (χ1n) is 11.2. The minimum absolute atomic E-state index is 0.0302. The van der Waals surface area contributed by atoms with Crippen molar-refractivity contribution in [3.63, 3.8) is 0 Å². The van der Waals surface area contributed by atoms with Gasteiger partial charge >= 0.3 is 0 Å². The van der Waals surface area contributed by atoms with Gasteiger partial charge < -0.3 is 19.2 Å². The zero-order chi connectivity index (χ0) is 23.2. The van der Waals surface area contributed by atoms with E-state index >= 15 is 0 Å². The summed E-state index contributed by atoms with van der Waals surface area (Å²) in [7, 11) is 0. The molecule has 0 fully saturated rings. The Balaban J connectivity index is 1.64. The fourth-order valence-corrected chi connectivity index (χ4v) is 3.98. The maximum absolute atomic E-state index is 13.2. The van der Waals surface area contributed by atoms with Crippen LogP contribution in [0.2, 0.25) is 0 Å². The van der Waals surface area contributed by atoms with Crippen molar-refractivity contribution in [2.75, 3.05) is 13.2 Å². The zero-order valence-electron chi connectivity index (χ0n) is 18.6. The Labute approximate surface area is 193 Å². The smallest absolute Gasteiger partial charge is 0.290 e. The van der Waals surface area contributed by atoms with Crippen molar-refractivity contribution in [2.24, 2.45) is 0 Å². The average Bonchev–Trinajstić information content (AvgIpc) is 3.46. The highest BCUT2D eigenvalue weighted by Crippen LogP contribution is 2.39. The molecule has 1 aliphatic heterocycles. The first-order chi connectivity index (χ1) is 16.1. The summed E-state index contributed by atoms with van der Waals surface area (Å²) in [5, 5.41) is 10.7. The summed E-state index contributed by atoms with van der Waals surface area (Å²) >= 11 is 0. The third-order valence-corrected chi connectivity index (χ3v) is 5.74. The summed E-state index contributed by atoms with van der Waals surface area (Å²) in [6.07, 6.45) is 3.99. The maximum Gasteiger partial charge on any atom is 0.290 e. The summed E-state index contributed by atoms with van der Waals surface area (Å²) in [5.74, 6) is -0.786. The van der Waals surface area contributed by atoms with E-state index in [-0.39, 0.29) is 11.3 Å². The number of hydrogen-bond donors (Lipinski definition) is 1. The Morgan fingerprint density at radius 2 is 1.82 bits per heavy atom. The zero-order valence-corrected chi connectivity index (χ0v) is 18.6. The molecule has 1 aromatic heterocycles. The topological polar surface area (TPSA) is 80.0 Å². The lowest BCUT2D eigenvalue weighted by Crippen LogP contribution is -2.33. The number of furan rings is 1. The van der Waals surface area contributed by atoms with Crippen molar-refractivity contribution in [1.82, 2.24) is 4.90 Å². The number of hydrogen-bond acceptors (Lipinski definition) is 5. The van der Waals surface area contributed by atoms with E-state index in [2.05, 4.69) is 6.92 Å². The molecule has 1 atom stereocenters. The highest BCUT2D eigenvalue weighted by Gasteiger charge is 2.44. The SMILES string of the molecule is CCCCOc1ccc(C2C(C(=O)c3ccco3)=C(O)C(=O)N2CCc2ccccc2)cc1. The molecule has 3 aromatic rings. The summed E-state index contributed by atoms with van der Waals surface area (Å²) < 4.78 is 11.0. The number of rotatable bonds is 10. The van der Waals surface area contributed by atoms with Crippen molar-refractivity contribution >= 4 is 11.7 Å². The van der Waals surface area contributed by atoms with E-state index < -0.39 is 23.5 Å². The van der Waals surface area contributed by atoms with Crippen LogP contribution in [0, 0.1) is 0 Å². The number of benzene rings is 2. The largest absolute Gasteiger partial charge is 0.503 e. The summed E-state index contributed by atoms with van der Waals surface area (Å²) in [6, 6.07) is 19.5. The Bertz CT molecular complexity index is 1120. The quantitative estimate of drug-likeness (QED) is 0.339.